The van der Waals surface area contributed by atoms with Gasteiger partial charge < -0.3 is 0 Å². The summed E-state index contributed by atoms with van der Waals surface area (Å²) in [4.78, 5) is 2.32. The third-order valence-corrected chi connectivity index (χ3v) is 2.62. The summed E-state index contributed by atoms with van der Waals surface area (Å²) in [5.41, 5.74) is 0.392. The van der Waals surface area contributed by atoms with E-state index in [9.17, 15) is 0 Å². The molecule has 0 radical (unpaired) electrons. The van der Waals surface area contributed by atoms with Crippen molar-refractivity contribution in [3.63, 3.8) is 0 Å². The van der Waals surface area contributed by atoms with Crippen LogP contribution in [0.25, 0.3) is 0 Å². The van der Waals surface area contributed by atoms with Gasteiger partial charge in [0.1, 0.15) is 0 Å². The third-order valence-electron chi connectivity index (χ3n) is 2.62. The van der Waals surface area contributed by atoms with E-state index in [2.05, 4.69) is 31.7 Å². The number of likely N-dealkylation sites (tertiary alicyclic amines) is 1. The van der Waals surface area contributed by atoms with E-state index in [0.29, 0.717) is 18.0 Å². The summed E-state index contributed by atoms with van der Waals surface area (Å²) in [6.45, 7) is 8.55. The van der Waals surface area contributed by atoms with Crippen LogP contribution in [-0.2, 0) is 0 Å². The maximum Gasteiger partial charge on any atom is 0.0868 e. The van der Waals surface area contributed by atoms with Gasteiger partial charge in [-0.15, -0.1) is 0 Å². The fourth-order valence-electron chi connectivity index (χ4n) is 2.13. The minimum absolute atomic E-state index is 0.392. The van der Waals surface area contributed by atoms with Gasteiger partial charge in [-0.3, -0.25) is 4.90 Å². The summed E-state index contributed by atoms with van der Waals surface area (Å²) in [5.74, 6) is 0. The van der Waals surface area contributed by atoms with E-state index in [4.69, 9.17) is 5.26 Å². The van der Waals surface area contributed by atoms with Gasteiger partial charge in [0.25, 0.3) is 0 Å². The van der Waals surface area contributed by atoms with E-state index in [0.717, 1.165) is 6.54 Å². The predicted molar refractivity (Wildman–Crippen MR) is 54.3 cm³/mol. The van der Waals surface area contributed by atoms with Gasteiger partial charge in [-0.05, 0) is 31.2 Å². The molecule has 0 saturated carbocycles. The second-order valence-electron chi connectivity index (χ2n) is 5.19. The van der Waals surface area contributed by atoms with Crippen molar-refractivity contribution in [1.82, 2.24) is 4.90 Å². The molecule has 0 aromatic rings. The molecule has 2 nitrogen and oxygen atoms in total. The lowest BCUT2D eigenvalue weighted by molar-refractivity contribution is 0.209. The normalized spacial score (nSPS) is 24.6. The SMILES string of the molecule is CC(C)(C)CC1CCCN1CC#N. The Morgan fingerprint density at radius 3 is 2.69 bits per heavy atom. The molecule has 1 fully saturated rings. The van der Waals surface area contributed by atoms with Crippen molar-refractivity contribution in [2.24, 2.45) is 5.41 Å². The highest BCUT2D eigenvalue weighted by Gasteiger charge is 2.27. The molecular weight excluding hydrogens is 160 g/mol. The van der Waals surface area contributed by atoms with Gasteiger partial charge in [-0.2, -0.15) is 5.26 Å². The van der Waals surface area contributed by atoms with E-state index >= 15 is 0 Å². The van der Waals surface area contributed by atoms with Crippen LogP contribution in [0.3, 0.4) is 0 Å². The lowest BCUT2D eigenvalue weighted by Crippen LogP contribution is -2.32. The van der Waals surface area contributed by atoms with Gasteiger partial charge >= 0.3 is 0 Å². The van der Waals surface area contributed by atoms with Crippen LogP contribution in [0.1, 0.15) is 40.0 Å². The zero-order valence-electron chi connectivity index (χ0n) is 9.01. The van der Waals surface area contributed by atoms with E-state index in [1.54, 1.807) is 0 Å². The molecule has 0 aromatic heterocycles. The smallest absolute Gasteiger partial charge is 0.0868 e. The first kappa shape index (κ1) is 10.5. The topological polar surface area (TPSA) is 27.0 Å². The molecule has 1 saturated heterocycles. The fraction of sp³-hybridized carbons (Fsp3) is 0.909. The zero-order valence-corrected chi connectivity index (χ0v) is 9.01. The van der Waals surface area contributed by atoms with Crippen LogP contribution in [0.5, 0.6) is 0 Å². The van der Waals surface area contributed by atoms with Crippen molar-refractivity contribution in [3.8, 4) is 6.07 Å². The van der Waals surface area contributed by atoms with Gasteiger partial charge in [0.15, 0.2) is 0 Å². The average molecular weight is 180 g/mol. The molecule has 1 unspecified atom stereocenters. The number of nitrogens with zero attached hydrogens (tertiary/aromatic N) is 2. The predicted octanol–water partition coefficient (Wildman–Crippen LogP) is 2.41. The van der Waals surface area contributed by atoms with Crippen LogP contribution >= 0.6 is 0 Å². The van der Waals surface area contributed by atoms with Crippen LogP contribution in [0.2, 0.25) is 0 Å². The summed E-state index contributed by atoms with van der Waals surface area (Å²) in [6.07, 6.45) is 3.76. The first-order chi connectivity index (χ1) is 6.03. The highest BCUT2D eigenvalue weighted by molar-refractivity contribution is 4.88. The maximum atomic E-state index is 8.65. The van der Waals surface area contributed by atoms with Crippen molar-refractivity contribution in [2.75, 3.05) is 13.1 Å². The Labute approximate surface area is 81.5 Å². The highest BCUT2D eigenvalue weighted by Crippen LogP contribution is 2.29. The molecule has 0 aliphatic carbocycles. The molecule has 0 spiro atoms. The van der Waals surface area contributed by atoms with Gasteiger partial charge in [0.2, 0.25) is 0 Å². The summed E-state index contributed by atoms with van der Waals surface area (Å²) in [5, 5.41) is 8.65. The highest BCUT2D eigenvalue weighted by atomic mass is 15.2. The average Bonchev–Trinajstić information content (AvgIpc) is 2.34. The Hall–Kier alpha value is -0.550. The Bertz CT molecular complexity index is 197. The van der Waals surface area contributed by atoms with Crippen molar-refractivity contribution in [2.45, 2.75) is 46.1 Å². The van der Waals surface area contributed by atoms with E-state index in [1.807, 2.05) is 0 Å². The molecule has 0 N–H and O–H groups in total. The van der Waals surface area contributed by atoms with Crippen molar-refractivity contribution < 1.29 is 0 Å². The standard InChI is InChI=1S/C11H20N2/c1-11(2,3)9-10-5-4-7-13(10)8-6-12/h10H,4-5,7-9H2,1-3H3. The van der Waals surface area contributed by atoms with E-state index < -0.39 is 0 Å². The second kappa shape index (κ2) is 4.11. The van der Waals surface area contributed by atoms with Gasteiger partial charge in [-0.1, -0.05) is 20.8 Å². The van der Waals surface area contributed by atoms with E-state index in [1.165, 1.54) is 19.3 Å². The van der Waals surface area contributed by atoms with E-state index in [-0.39, 0.29) is 0 Å². The molecule has 2 heteroatoms. The minimum atomic E-state index is 0.392. The Morgan fingerprint density at radius 2 is 2.15 bits per heavy atom. The molecule has 1 heterocycles. The number of hydrogen-bond acceptors (Lipinski definition) is 2. The summed E-state index contributed by atoms with van der Waals surface area (Å²) < 4.78 is 0. The molecule has 13 heavy (non-hydrogen) atoms. The molecule has 0 amide bonds. The monoisotopic (exact) mass is 180 g/mol. The zero-order chi connectivity index (χ0) is 9.90. The summed E-state index contributed by atoms with van der Waals surface area (Å²) >= 11 is 0. The first-order valence-electron chi connectivity index (χ1n) is 5.14. The Kier molecular flexibility index (Phi) is 3.33. The number of nitriles is 1. The minimum Gasteiger partial charge on any atom is -0.288 e. The molecule has 0 bridgehead atoms. The van der Waals surface area contributed by atoms with Gasteiger partial charge in [-0.25, -0.2) is 0 Å². The second-order valence-corrected chi connectivity index (χ2v) is 5.19. The van der Waals surface area contributed by atoms with Crippen LogP contribution < -0.4 is 0 Å². The van der Waals surface area contributed by atoms with Crippen molar-refractivity contribution >= 4 is 0 Å². The van der Waals surface area contributed by atoms with Gasteiger partial charge in [0.05, 0.1) is 12.6 Å². The lowest BCUT2D eigenvalue weighted by atomic mass is 9.87. The quantitative estimate of drug-likeness (QED) is 0.610. The van der Waals surface area contributed by atoms with Crippen LogP contribution in [0, 0.1) is 16.7 Å². The largest absolute Gasteiger partial charge is 0.288 e. The Morgan fingerprint density at radius 1 is 1.46 bits per heavy atom. The molecule has 1 aliphatic heterocycles. The van der Waals surface area contributed by atoms with Gasteiger partial charge in [0, 0.05) is 6.04 Å². The maximum absolute atomic E-state index is 8.65. The molecule has 74 valence electrons. The number of hydrogen-bond donors (Lipinski definition) is 0. The van der Waals surface area contributed by atoms with Crippen LogP contribution in [-0.4, -0.2) is 24.0 Å². The molecule has 0 aromatic carbocycles. The fourth-order valence-corrected chi connectivity index (χ4v) is 2.13. The molecule has 1 rings (SSSR count). The van der Waals surface area contributed by atoms with Crippen molar-refractivity contribution in [3.05, 3.63) is 0 Å². The Balaban J connectivity index is 2.45. The van der Waals surface area contributed by atoms with Crippen LogP contribution in [0.4, 0.5) is 0 Å². The summed E-state index contributed by atoms with van der Waals surface area (Å²) in [6, 6.07) is 2.90. The molecular formula is C11H20N2. The third kappa shape index (κ3) is 3.36. The lowest BCUT2D eigenvalue weighted by Gasteiger charge is -2.28. The molecule has 1 aliphatic rings. The van der Waals surface area contributed by atoms with Crippen LogP contribution in [0.15, 0.2) is 0 Å². The molecule has 1 atom stereocenters. The first-order valence-corrected chi connectivity index (χ1v) is 5.14. The van der Waals surface area contributed by atoms with Crippen molar-refractivity contribution in [1.29, 1.82) is 5.26 Å². The summed E-state index contributed by atoms with van der Waals surface area (Å²) in [7, 11) is 0. The number of rotatable bonds is 2.